The maximum atomic E-state index is 11.3. The normalized spacial score (nSPS) is 21.4. The lowest BCUT2D eigenvalue weighted by atomic mass is 9.85. The Labute approximate surface area is 107 Å². The summed E-state index contributed by atoms with van der Waals surface area (Å²) in [6.07, 6.45) is 10.1. The van der Waals surface area contributed by atoms with Crippen LogP contribution in [0.5, 0.6) is 0 Å². The third-order valence-electron chi connectivity index (χ3n) is 4.17. The van der Waals surface area contributed by atoms with Gasteiger partial charge in [0.2, 0.25) is 0 Å². The molecule has 2 heteroatoms. The molecular weight excluding hydrogens is 210 g/mol. The van der Waals surface area contributed by atoms with Crippen molar-refractivity contribution >= 4 is 6.29 Å². The maximum absolute atomic E-state index is 11.3. The van der Waals surface area contributed by atoms with E-state index in [9.17, 15) is 4.79 Å². The average Bonchev–Trinajstić information content (AvgIpc) is 2.37. The highest BCUT2D eigenvalue weighted by atomic mass is 16.1. The predicted octanol–water partition coefficient (Wildman–Crippen LogP) is 3.65. The highest BCUT2D eigenvalue weighted by Gasteiger charge is 2.29. The van der Waals surface area contributed by atoms with E-state index in [0.29, 0.717) is 0 Å². The van der Waals surface area contributed by atoms with Crippen LogP contribution in [0.15, 0.2) is 0 Å². The Morgan fingerprint density at radius 3 is 2.35 bits per heavy atom. The van der Waals surface area contributed by atoms with E-state index in [4.69, 9.17) is 0 Å². The van der Waals surface area contributed by atoms with Crippen molar-refractivity contribution in [3.05, 3.63) is 0 Å². The number of hydrogen-bond acceptors (Lipinski definition) is 2. The molecule has 17 heavy (non-hydrogen) atoms. The average molecular weight is 239 g/mol. The van der Waals surface area contributed by atoms with Gasteiger partial charge in [-0.1, -0.05) is 46.5 Å². The van der Waals surface area contributed by atoms with Crippen LogP contribution < -0.4 is 0 Å². The van der Waals surface area contributed by atoms with Crippen LogP contribution in [-0.2, 0) is 4.79 Å². The Hall–Kier alpha value is -0.370. The second kappa shape index (κ2) is 7.15. The fourth-order valence-corrected chi connectivity index (χ4v) is 3.16. The van der Waals surface area contributed by atoms with Crippen molar-refractivity contribution in [2.45, 2.75) is 71.8 Å². The van der Waals surface area contributed by atoms with Crippen molar-refractivity contribution in [1.82, 2.24) is 4.90 Å². The minimum absolute atomic E-state index is 0.137. The van der Waals surface area contributed by atoms with Gasteiger partial charge >= 0.3 is 0 Å². The molecule has 1 saturated carbocycles. The summed E-state index contributed by atoms with van der Waals surface area (Å²) in [5.41, 5.74) is -0.137. The van der Waals surface area contributed by atoms with Gasteiger partial charge in [0.25, 0.3) is 0 Å². The molecule has 1 atom stereocenters. The second-order valence-corrected chi connectivity index (χ2v) is 5.88. The summed E-state index contributed by atoms with van der Waals surface area (Å²) in [7, 11) is 0. The van der Waals surface area contributed by atoms with Gasteiger partial charge in [0.15, 0.2) is 0 Å². The van der Waals surface area contributed by atoms with E-state index in [-0.39, 0.29) is 5.41 Å². The summed E-state index contributed by atoms with van der Waals surface area (Å²) in [5, 5.41) is 0. The van der Waals surface area contributed by atoms with Gasteiger partial charge in [-0.15, -0.1) is 0 Å². The molecule has 0 saturated heterocycles. The zero-order valence-electron chi connectivity index (χ0n) is 11.9. The quantitative estimate of drug-likeness (QED) is 0.632. The van der Waals surface area contributed by atoms with E-state index >= 15 is 0 Å². The summed E-state index contributed by atoms with van der Waals surface area (Å²) in [6, 6.07) is 0.727. The molecule has 1 aliphatic rings. The summed E-state index contributed by atoms with van der Waals surface area (Å²) in [4.78, 5) is 13.9. The monoisotopic (exact) mass is 239 g/mol. The van der Waals surface area contributed by atoms with Crippen molar-refractivity contribution < 1.29 is 4.79 Å². The molecule has 2 nitrogen and oxygen atoms in total. The first kappa shape index (κ1) is 14.7. The summed E-state index contributed by atoms with van der Waals surface area (Å²) in [5.74, 6) is 0. The fraction of sp³-hybridized carbons (Fsp3) is 0.933. The van der Waals surface area contributed by atoms with Crippen LogP contribution in [0, 0.1) is 5.41 Å². The van der Waals surface area contributed by atoms with Crippen LogP contribution in [0.25, 0.3) is 0 Å². The van der Waals surface area contributed by atoms with E-state index in [0.717, 1.165) is 32.0 Å². The first-order chi connectivity index (χ1) is 8.15. The number of aldehydes is 1. The SMILES string of the molecule is CCCC(C)(C=O)CN(CC)C1CCCCC1. The number of hydrogen-bond donors (Lipinski definition) is 0. The Balaban J connectivity index is 2.57. The molecule has 0 bridgehead atoms. The molecule has 1 fully saturated rings. The molecule has 0 spiro atoms. The fourth-order valence-electron chi connectivity index (χ4n) is 3.16. The topological polar surface area (TPSA) is 20.3 Å². The number of rotatable bonds is 7. The molecule has 100 valence electrons. The molecule has 0 aromatic heterocycles. The van der Waals surface area contributed by atoms with E-state index in [2.05, 4.69) is 25.7 Å². The van der Waals surface area contributed by atoms with Gasteiger partial charge in [-0.3, -0.25) is 4.90 Å². The van der Waals surface area contributed by atoms with Crippen LogP contribution >= 0.6 is 0 Å². The first-order valence-corrected chi connectivity index (χ1v) is 7.35. The molecule has 1 unspecified atom stereocenters. The predicted molar refractivity (Wildman–Crippen MR) is 73.2 cm³/mol. The van der Waals surface area contributed by atoms with Crippen LogP contribution in [0.1, 0.15) is 65.7 Å². The van der Waals surface area contributed by atoms with Gasteiger partial charge in [0, 0.05) is 18.0 Å². The molecule has 0 radical (unpaired) electrons. The largest absolute Gasteiger partial charge is 0.303 e. The summed E-state index contributed by atoms with van der Waals surface area (Å²) >= 11 is 0. The molecule has 0 heterocycles. The Bertz CT molecular complexity index is 223. The first-order valence-electron chi connectivity index (χ1n) is 7.35. The second-order valence-electron chi connectivity index (χ2n) is 5.88. The van der Waals surface area contributed by atoms with Crippen LogP contribution in [-0.4, -0.2) is 30.3 Å². The van der Waals surface area contributed by atoms with Gasteiger partial charge in [-0.25, -0.2) is 0 Å². The zero-order valence-corrected chi connectivity index (χ0v) is 11.9. The molecule has 0 aromatic carbocycles. The smallest absolute Gasteiger partial charge is 0.127 e. The minimum Gasteiger partial charge on any atom is -0.303 e. The number of nitrogens with zero attached hydrogens (tertiary/aromatic N) is 1. The molecular formula is C15H29NO. The molecule has 0 aromatic rings. The standard InChI is InChI=1S/C15H29NO/c1-4-11-15(3,13-17)12-16(5-2)14-9-7-6-8-10-14/h13-14H,4-12H2,1-3H3. The number of carbonyl (C=O) groups is 1. The van der Waals surface area contributed by atoms with Crippen molar-refractivity contribution in [2.75, 3.05) is 13.1 Å². The Kier molecular flexibility index (Phi) is 6.18. The van der Waals surface area contributed by atoms with Gasteiger partial charge in [-0.2, -0.15) is 0 Å². The van der Waals surface area contributed by atoms with Crippen molar-refractivity contribution in [3.63, 3.8) is 0 Å². The highest BCUT2D eigenvalue weighted by molar-refractivity contribution is 5.59. The van der Waals surface area contributed by atoms with Gasteiger partial charge < -0.3 is 4.79 Å². The lowest BCUT2D eigenvalue weighted by Gasteiger charge is -2.38. The highest BCUT2D eigenvalue weighted by Crippen LogP contribution is 2.27. The van der Waals surface area contributed by atoms with Gasteiger partial charge in [0.05, 0.1) is 0 Å². The summed E-state index contributed by atoms with van der Waals surface area (Å²) < 4.78 is 0. The molecule has 0 amide bonds. The Morgan fingerprint density at radius 2 is 1.88 bits per heavy atom. The third kappa shape index (κ3) is 4.42. The van der Waals surface area contributed by atoms with E-state index < -0.39 is 0 Å². The minimum atomic E-state index is -0.137. The Morgan fingerprint density at radius 1 is 1.24 bits per heavy atom. The molecule has 1 rings (SSSR count). The van der Waals surface area contributed by atoms with E-state index in [1.165, 1.54) is 38.4 Å². The number of carbonyl (C=O) groups excluding carboxylic acids is 1. The van der Waals surface area contributed by atoms with Crippen molar-refractivity contribution in [3.8, 4) is 0 Å². The lowest BCUT2D eigenvalue weighted by molar-refractivity contribution is -0.117. The van der Waals surface area contributed by atoms with E-state index in [1.807, 2.05) is 0 Å². The molecule has 0 N–H and O–H groups in total. The molecule has 0 aliphatic heterocycles. The summed E-state index contributed by atoms with van der Waals surface area (Å²) in [6.45, 7) is 8.54. The van der Waals surface area contributed by atoms with Gasteiger partial charge in [0.1, 0.15) is 6.29 Å². The van der Waals surface area contributed by atoms with Crippen molar-refractivity contribution in [2.24, 2.45) is 5.41 Å². The van der Waals surface area contributed by atoms with Crippen molar-refractivity contribution in [1.29, 1.82) is 0 Å². The zero-order chi connectivity index (χ0) is 12.7. The van der Waals surface area contributed by atoms with Crippen LogP contribution in [0.2, 0.25) is 0 Å². The van der Waals surface area contributed by atoms with Crippen LogP contribution in [0.4, 0.5) is 0 Å². The maximum Gasteiger partial charge on any atom is 0.127 e. The van der Waals surface area contributed by atoms with Gasteiger partial charge in [-0.05, 0) is 25.8 Å². The van der Waals surface area contributed by atoms with Crippen LogP contribution in [0.3, 0.4) is 0 Å². The lowest BCUT2D eigenvalue weighted by Crippen LogP contribution is -2.44. The molecule has 1 aliphatic carbocycles. The third-order valence-corrected chi connectivity index (χ3v) is 4.17. The van der Waals surface area contributed by atoms with E-state index in [1.54, 1.807) is 0 Å².